The molecular weight excluding hydrogens is 352 g/mol. The number of fused-ring (bicyclic) bond motifs is 1. The second-order valence-electron chi connectivity index (χ2n) is 7.73. The van der Waals surface area contributed by atoms with E-state index in [1.54, 1.807) is 23.4 Å². The topological polar surface area (TPSA) is 66.9 Å². The van der Waals surface area contributed by atoms with Gasteiger partial charge in [0.05, 0.1) is 16.5 Å². The summed E-state index contributed by atoms with van der Waals surface area (Å²) in [4.78, 5) is 18.6. The SMILES string of the molecule is CCC(=O)N1OC(C)(C)[C@H]2CN(S(=O)(=O)c3ccc(C)cc3)[C@@H](CC)[C@H]21. The van der Waals surface area contributed by atoms with Gasteiger partial charge in [-0.25, -0.2) is 13.5 Å². The lowest BCUT2D eigenvalue weighted by molar-refractivity contribution is -0.209. The van der Waals surface area contributed by atoms with E-state index in [2.05, 4.69) is 0 Å². The summed E-state index contributed by atoms with van der Waals surface area (Å²) in [5.74, 6) is -0.151. The van der Waals surface area contributed by atoms with Gasteiger partial charge in [0, 0.05) is 24.9 Å². The summed E-state index contributed by atoms with van der Waals surface area (Å²) in [5.41, 5.74) is 0.434. The van der Waals surface area contributed by atoms with Crippen LogP contribution in [0.4, 0.5) is 0 Å². The van der Waals surface area contributed by atoms with Crippen LogP contribution in [-0.2, 0) is 19.7 Å². The van der Waals surface area contributed by atoms with Gasteiger partial charge in [0.1, 0.15) is 0 Å². The van der Waals surface area contributed by atoms with Crippen molar-refractivity contribution < 1.29 is 18.0 Å². The molecule has 0 unspecified atom stereocenters. The third-order valence-electron chi connectivity index (χ3n) is 5.64. The van der Waals surface area contributed by atoms with Crippen LogP contribution < -0.4 is 0 Å². The number of hydroxylamine groups is 2. The second-order valence-corrected chi connectivity index (χ2v) is 9.62. The molecule has 0 aliphatic carbocycles. The van der Waals surface area contributed by atoms with Crippen molar-refractivity contribution in [1.82, 2.24) is 9.37 Å². The van der Waals surface area contributed by atoms with E-state index in [9.17, 15) is 13.2 Å². The number of sulfonamides is 1. The fourth-order valence-corrected chi connectivity index (χ4v) is 5.89. The van der Waals surface area contributed by atoms with Gasteiger partial charge in [-0.15, -0.1) is 0 Å². The molecule has 1 aromatic carbocycles. The van der Waals surface area contributed by atoms with Crippen molar-refractivity contribution in [1.29, 1.82) is 0 Å². The predicted molar refractivity (Wildman–Crippen MR) is 98.7 cm³/mol. The number of carbonyl (C=O) groups excluding carboxylic acids is 1. The van der Waals surface area contributed by atoms with Crippen LogP contribution >= 0.6 is 0 Å². The van der Waals surface area contributed by atoms with Gasteiger partial charge in [-0.1, -0.05) is 31.5 Å². The highest BCUT2D eigenvalue weighted by molar-refractivity contribution is 7.89. The maximum atomic E-state index is 13.3. The first-order valence-corrected chi connectivity index (χ1v) is 10.7. The molecule has 144 valence electrons. The van der Waals surface area contributed by atoms with Crippen molar-refractivity contribution >= 4 is 15.9 Å². The summed E-state index contributed by atoms with van der Waals surface area (Å²) in [7, 11) is -3.62. The maximum Gasteiger partial charge on any atom is 0.246 e. The van der Waals surface area contributed by atoms with Gasteiger partial charge in [0.2, 0.25) is 15.9 Å². The highest BCUT2D eigenvalue weighted by atomic mass is 32.2. The minimum absolute atomic E-state index is 0.0526. The minimum Gasteiger partial charge on any atom is -0.273 e. The number of rotatable bonds is 4. The zero-order valence-corrected chi connectivity index (χ0v) is 16.9. The molecule has 1 aromatic rings. The van der Waals surface area contributed by atoms with Gasteiger partial charge in [0.25, 0.3) is 0 Å². The zero-order chi connectivity index (χ0) is 19.3. The van der Waals surface area contributed by atoms with Crippen LogP contribution in [0, 0.1) is 12.8 Å². The number of hydrogen-bond acceptors (Lipinski definition) is 4. The minimum atomic E-state index is -3.62. The van der Waals surface area contributed by atoms with Gasteiger partial charge < -0.3 is 0 Å². The second kappa shape index (κ2) is 6.62. The molecule has 0 bridgehead atoms. The standard InChI is InChI=1S/C19H28N2O4S/c1-6-16-18-15(19(4,5)25-21(18)17(22)7-2)12-20(16)26(23,24)14-10-8-13(3)9-11-14/h8-11,15-16,18H,6-7,12H2,1-5H3/t15-,16-,18-/m0/s1. The normalized spacial score (nSPS) is 28.3. The van der Waals surface area contributed by atoms with Gasteiger partial charge in [-0.2, -0.15) is 4.31 Å². The molecule has 3 rings (SSSR count). The van der Waals surface area contributed by atoms with Crippen molar-refractivity contribution in [2.45, 2.75) is 70.0 Å². The Balaban J connectivity index is 2.00. The Morgan fingerprint density at radius 2 is 1.85 bits per heavy atom. The highest BCUT2D eigenvalue weighted by Crippen LogP contribution is 2.46. The molecule has 2 fully saturated rings. The molecule has 2 heterocycles. The van der Waals surface area contributed by atoms with Gasteiger partial charge in [-0.05, 0) is 39.3 Å². The number of amides is 1. The van der Waals surface area contributed by atoms with Crippen molar-refractivity contribution in [3.8, 4) is 0 Å². The lowest BCUT2D eigenvalue weighted by atomic mass is 9.86. The van der Waals surface area contributed by atoms with Gasteiger partial charge in [0.15, 0.2) is 0 Å². The van der Waals surface area contributed by atoms with E-state index < -0.39 is 15.6 Å². The molecule has 6 nitrogen and oxygen atoms in total. The quantitative estimate of drug-likeness (QED) is 0.805. The number of hydrogen-bond donors (Lipinski definition) is 0. The number of benzene rings is 1. The van der Waals surface area contributed by atoms with Crippen LogP contribution in [0.1, 0.15) is 46.1 Å². The van der Waals surface area contributed by atoms with E-state index in [0.29, 0.717) is 24.3 Å². The first-order valence-electron chi connectivity index (χ1n) is 9.23. The van der Waals surface area contributed by atoms with Crippen LogP contribution in [0.25, 0.3) is 0 Å². The molecule has 2 aliphatic heterocycles. The predicted octanol–water partition coefficient (Wildman–Crippen LogP) is 2.73. The zero-order valence-electron chi connectivity index (χ0n) is 16.1. The Hall–Kier alpha value is -1.44. The van der Waals surface area contributed by atoms with E-state index in [1.165, 1.54) is 5.06 Å². The van der Waals surface area contributed by atoms with E-state index in [0.717, 1.165) is 5.56 Å². The third kappa shape index (κ3) is 2.96. The molecular formula is C19H28N2O4S. The summed E-state index contributed by atoms with van der Waals surface area (Å²) in [6, 6.07) is 6.39. The summed E-state index contributed by atoms with van der Waals surface area (Å²) >= 11 is 0. The fraction of sp³-hybridized carbons (Fsp3) is 0.632. The van der Waals surface area contributed by atoms with Crippen LogP contribution in [0.15, 0.2) is 29.2 Å². The molecule has 2 aliphatic rings. The Kier molecular flexibility index (Phi) is 4.92. The lowest BCUT2D eigenvalue weighted by Crippen LogP contribution is -2.47. The van der Waals surface area contributed by atoms with E-state index in [4.69, 9.17) is 4.84 Å². The molecule has 0 radical (unpaired) electrons. The Morgan fingerprint density at radius 3 is 2.38 bits per heavy atom. The monoisotopic (exact) mass is 380 g/mol. The van der Waals surface area contributed by atoms with Crippen LogP contribution in [0.3, 0.4) is 0 Å². The third-order valence-corrected chi connectivity index (χ3v) is 7.55. The largest absolute Gasteiger partial charge is 0.273 e. The van der Waals surface area contributed by atoms with Gasteiger partial charge >= 0.3 is 0 Å². The summed E-state index contributed by atoms with van der Waals surface area (Å²) in [6.45, 7) is 9.91. The Bertz CT molecular complexity index is 788. The number of aryl methyl sites for hydroxylation is 1. The average Bonchev–Trinajstić information content (AvgIpc) is 3.11. The molecule has 0 saturated carbocycles. The van der Waals surface area contributed by atoms with Crippen LogP contribution in [-0.4, -0.2) is 47.9 Å². The summed E-state index contributed by atoms with van der Waals surface area (Å²) in [6.07, 6.45) is 0.958. The molecule has 3 atom stereocenters. The van der Waals surface area contributed by atoms with E-state index >= 15 is 0 Å². The number of carbonyl (C=O) groups is 1. The molecule has 0 N–H and O–H groups in total. The average molecular weight is 381 g/mol. The molecule has 7 heteroatoms. The molecule has 0 aromatic heterocycles. The maximum absolute atomic E-state index is 13.3. The van der Waals surface area contributed by atoms with Crippen molar-refractivity contribution in [3.63, 3.8) is 0 Å². The highest BCUT2D eigenvalue weighted by Gasteiger charge is 2.60. The molecule has 1 amide bonds. The van der Waals surface area contributed by atoms with E-state index in [-0.39, 0.29) is 23.9 Å². The first kappa shape index (κ1) is 19.3. The fourth-order valence-electron chi connectivity index (χ4n) is 4.15. The van der Waals surface area contributed by atoms with Crippen molar-refractivity contribution in [2.75, 3.05) is 6.54 Å². The Labute approximate surface area is 156 Å². The smallest absolute Gasteiger partial charge is 0.246 e. The van der Waals surface area contributed by atoms with Crippen molar-refractivity contribution in [2.24, 2.45) is 5.92 Å². The van der Waals surface area contributed by atoms with Crippen molar-refractivity contribution in [3.05, 3.63) is 29.8 Å². The summed E-state index contributed by atoms with van der Waals surface area (Å²) in [5, 5.41) is 1.45. The lowest BCUT2D eigenvalue weighted by Gasteiger charge is -2.32. The van der Waals surface area contributed by atoms with E-state index in [1.807, 2.05) is 39.8 Å². The Morgan fingerprint density at radius 1 is 1.23 bits per heavy atom. The summed E-state index contributed by atoms with van der Waals surface area (Å²) < 4.78 is 28.1. The first-order chi connectivity index (χ1) is 12.1. The molecule has 2 saturated heterocycles. The molecule has 26 heavy (non-hydrogen) atoms. The van der Waals surface area contributed by atoms with Crippen LogP contribution in [0.2, 0.25) is 0 Å². The molecule has 0 spiro atoms. The van der Waals surface area contributed by atoms with Gasteiger partial charge in [-0.3, -0.25) is 9.63 Å². The van der Waals surface area contributed by atoms with Crippen LogP contribution in [0.5, 0.6) is 0 Å². The number of nitrogens with zero attached hydrogens (tertiary/aromatic N) is 2.